The Morgan fingerprint density at radius 1 is 0.941 bits per heavy atom. The molecule has 0 N–H and O–H groups in total. The number of ether oxygens (including phenoxy) is 5. The zero-order valence-corrected chi connectivity index (χ0v) is 20.2. The molecule has 6 heteroatoms. The third kappa shape index (κ3) is 6.66. The second kappa shape index (κ2) is 12.5. The monoisotopic (exact) mass is 468 g/mol. The second-order valence-electron chi connectivity index (χ2n) is 9.05. The van der Waals surface area contributed by atoms with Gasteiger partial charge in [-0.2, -0.15) is 0 Å². The number of methoxy groups -OCH3 is 1. The van der Waals surface area contributed by atoms with E-state index in [1.807, 2.05) is 49.4 Å². The van der Waals surface area contributed by atoms with Crippen molar-refractivity contribution in [3.63, 3.8) is 0 Å². The van der Waals surface area contributed by atoms with Crippen molar-refractivity contribution in [2.75, 3.05) is 13.7 Å². The fourth-order valence-electron chi connectivity index (χ4n) is 4.58. The molecule has 184 valence electrons. The van der Waals surface area contributed by atoms with E-state index in [-0.39, 0.29) is 30.2 Å². The van der Waals surface area contributed by atoms with E-state index in [2.05, 4.69) is 12.1 Å². The number of fused-ring (bicyclic) bond motifs is 4. The molecule has 34 heavy (non-hydrogen) atoms. The highest BCUT2D eigenvalue weighted by atomic mass is 16.6. The van der Waals surface area contributed by atoms with Crippen LogP contribution < -0.4 is 4.74 Å². The molecule has 3 saturated heterocycles. The van der Waals surface area contributed by atoms with E-state index < -0.39 is 6.10 Å². The molecular weight excluding hydrogens is 432 g/mol. The lowest BCUT2D eigenvalue weighted by atomic mass is 9.88. The molecule has 0 aliphatic carbocycles. The van der Waals surface area contributed by atoms with Crippen molar-refractivity contribution in [2.24, 2.45) is 0 Å². The lowest BCUT2D eigenvalue weighted by Gasteiger charge is -2.48. The summed E-state index contributed by atoms with van der Waals surface area (Å²) >= 11 is 0. The highest BCUT2D eigenvalue weighted by molar-refractivity contribution is 5.82. The van der Waals surface area contributed by atoms with E-state index in [0.717, 1.165) is 30.6 Å². The summed E-state index contributed by atoms with van der Waals surface area (Å²) in [6.07, 6.45) is 2.90. The largest absolute Gasteiger partial charge is 0.497 e. The fourth-order valence-corrected chi connectivity index (χ4v) is 4.58. The smallest absolute Gasteiger partial charge is 0.161 e. The summed E-state index contributed by atoms with van der Waals surface area (Å²) in [7, 11) is 1.65. The molecule has 2 bridgehead atoms. The van der Waals surface area contributed by atoms with Crippen LogP contribution in [0.25, 0.3) is 0 Å². The van der Waals surface area contributed by atoms with Crippen LogP contribution in [0.2, 0.25) is 0 Å². The maximum atomic E-state index is 12.7. The summed E-state index contributed by atoms with van der Waals surface area (Å²) in [5.74, 6) is 0.947. The zero-order chi connectivity index (χ0) is 23.8. The molecule has 0 spiro atoms. The van der Waals surface area contributed by atoms with Crippen molar-refractivity contribution in [3.05, 3.63) is 65.7 Å². The Kier molecular flexibility index (Phi) is 9.11. The molecule has 2 aromatic rings. The first-order chi connectivity index (χ1) is 16.7. The van der Waals surface area contributed by atoms with E-state index in [1.165, 1.54) is 5.56 Å². The van der Waals surface area contributed by atoms with Crippen molar-refractivity contribution in [1.82, 2.24) is 0 Å². The number of hydrogen-bond donors (Lipinski definition) is 0. The minimum atomic E-state index is -0.449. The van der Waals surface area contributed by atoms with Crippen LogP contribution in [0.3, 0.4) is 0 Å². The number of Topliss-reactive ketones (excluding diaryl/α,β-unsaturated/α-hetero) is 1. The second-order valence-corrected chi connectivity index (χ2v) is 9.05. The van der Waals surface area contributed by atoms with Gasteiger partial charge in [0.1, 0.15) is 11.9 Å². The average Bonchev–Trinajstić information content (AvgIpc) is 2.83. The molecule has 6 nitrogen and oxygen atoms in total. The molecule has 0 aromatic heterocycles. The molecule has 3 aliphatic heterocycles. The number of carbonyl (C=O) groups excluding carboxylic acids is 1. The highest BCUT2D eigenvalue weighted by Crippen LogP contribution is 2.36. The molecule has 0 saturated carbocycles. The van der Waals surface area contributed by atoms with Gasteiger partial charge in [-0.3, -0.25) is 4.79 Å². The Bertz CT molecular complexity index is 878. The van der Waals surface area contributed by atoms with Crippen molar-refractivity contribution in [1.29, 1.82) is 0 Å². The molecule has 3 aliphatic rings. The Balaban J connectivity index is 1.27. The fraction of sp³-hybridized carbons (Fsp3) is 0.536. The molecule has 3 heterocycles. The number of carbonyl (C=O) groups is 1. The molecule has 2 aromatic carbocycles. The third-order valence-corrected chi connectivity index (χ3v) is 6.65. The van der Waals surface area contributed by atoms with E-state index in [9.17, 15) is 4.79 Å². The van der Waals surface area contributed by atoms with Crippen molar-refractivity contribution < 1.29 is 28.5 Å². The minimum absolute atomic E-state index is 0.0103. The summed E-state index contributed by atoms with van der Waals surface area (Å²) in [6, 6.07) is 18.0. The number of ketones is 1. The van der Waals surface area contributed by atoms with Crippen LogP contribution in [-0.4, -0.2) is 50.0 Å². The van der Waals surface area contributed by atoms with Gasteiger partial charge >= 0.3 is 0 Å². The van der Waals surface area contributed by atoms with Gasteiger partial charge in [-0.05, 0) is 36.1 Å². The normalized spacial score (nSPS) is 26.2. The number of benzene rings is 2. The third-order valence-electron chi connectivity index (χ3n) is 6.65. The van der Waals surface area contributed by atoms with E-state index in [1.54, 1.807) is 7.11 Å². The standard InChI is InChI=1S/C28H36O6/c1-3-23(29)25-16-26(32-19-21-11-13-22(30-2)14-12-21)28-17-27(34-28)24(33-25)10-7-15-31-18-20-8-5-4-6-9-20/h4-6,8-9,11-14,24-28H,3,7,10,15-19H2,1-2H3/t24-,25?,26?,27?,28?/m0/s1. The molecule has 0 amide bonds. The average molecular weight is 469 g/mol. The summed E-state index contributed by atoms with van der Waals surface area (Å²) < 4.78 is 29.8. The predicted molar refractivity (Wildman–Crippen MR) is 129 cm³/mol. The molecule has 0 radical (unpaired) electrons. The number of hydrogen-bond acceptors (Lipinski definition) is 6. The van der Waals surface area contributed by atoms with Gasteiger partial charge in [-0.1, -0.05) is 49.4 Å². The Morgan fingerprint density at radius 3 is 2.38 bits per heavy atom. The van der Waals surface area contributed by atoms with Gasteiger partial charge < -0.3 is 23.7 Å². The van der Waals surface area contributed by atoms with Gasteiger partial charge in [0.25, 0.3) is 0 Å². The highest BCUT2D eigenvalue weighted by Gasteiger charge is 2.46. The van der Waals surface area contributed by atoms with Gasteiger partial charge in [0, 0.05) is 25.9 Å². The van der Waals surface area contributed by atoms with Crippen LogP contribution in [0.1, 0.15) is 50.2 Å². The van der Waals surface area contributed by atoms with Crippen molar-refractivity contribution >= 4 is 5.78 Å². The first-order valence-corrected chi connectivity index (χ1v) is 12.4. The minimum Gasteiger partial charge on any atom is -0.497 e. The van der Waals surface area contributed by atoms with Gasteiger partial charge in [0.15, 0.2) is 5.78 Å². The maximum Gasteiger partial charge on any atom is 0.161 e. The van der Waals surface area contributed by atoms with Gasteiger partial charge in [-0.25, -0.2) is 0 Å². The quantitative estimate of drug-likeness (QED) is 0.414. The summed E-state index contributed by atoms with van der Waals surface area (Å²) in [6.45, 7) is 3.62. The number of rotatable bonds is 12. The predicted octanol–water partition coefficient (Wildman–Crippen LogP) is 4.87. The molecule has 4 unspecified atom stereocenters. The van der Waals surface area contributed by atoms with E-state index in [4.69, 9.17) is 23.7 Å². The summed E-state index contributed by atoms with van der Waals surface area (Å²) in [4.78, 5) is 12.7. The van der Waals surface area contributed by atoms with Crippen LogP contribution in [0.4, 0.5) is 0 Å². The van der Waals surface area contributed by atoms with E-state index >= 15 is 0 Å². The lowest BCUT2D eigenvalue weighted by molar-refractivity contribution is -0.257. The van der Waals surface area contributed by atoms with Crippen molar-refractivity contribution in [2.45, 2.75) is 82.8 Å². The molecule has 5 atom stereocenters. The first kappa shape index (κ1) is 24.9. The van der Waals surface area contributed by atoms with Gasteiger partial charge in [0.2, 0.25) is 0 Å². The zero-order valence-electron chi connectivity index (χ0n) is 20.2. The van der Waals surface area contributed by atoms with Crippen LogP contribution in [0.15, 0.2) is 54.6 Å². The Labute approximate surface area is 202 Å². The van der Waals surface area contributed by atoms with Gasteiger partial charge in [0.05, 0.1) is 44.7 Å². The van der Waals surface area contributed by atoms with Crippen LogP contribution in [-0.2, 0) is 37.0 Å². The molecular formula is C28H36O6. The summed E-state index contributed by atoms with van der Waals surface area (Å²) in [5, 5.41) is 0. The Morgan fingerprint density at radius 2 is 1.68 bits per heavy atom. The summed E-state index contributed by atoms with van der Waals surface area (Å²) in [5.41, 5.74) is 2.23. The SMILES string of the molecule is CCC(=O)C1CC(OCc2ccc(OC)cc2)C2CC(O2)[C@H](CCCOCc2ccccc2)O1. The molecule has 5 rings (SSSR count). The lowest BCUT2D eigenvalue weighted by Crippen LogP contribution is -2.57. The van der Waals surface area contributed by atoms with Crippen LogP contribution >= 0.6 is 0 Å². The van der Waals surface area contributed by atoms with Crippen LogP contribution in [0, 0.1) is 0 Å². The molecule has 3 fully saturated rings. The topological polar surface area (TPSA) is 63.2 Å². The van der Waals surface area contributed by atoms with E-state index in [0.29, 0.717) is 32.7 Å². The van der Waals surface area contributed by atoms with Crippen molar-refractivity contribution in [3.8, 4) is 5.75 Å². The Hall–Kier alpha value is -2.25. The maximum absolute atomic E-state index is 12.7. The van der Waals surface area contributed by atoms with Gasteiger partial charge in [-0.15, -0.1) is 0 Å². The van der Waals surface area contributed by atoms with Crippen LogP contribution in [0.5, 0.6) is 5.75 Å². The first-order valence-electron chi connectivity index (χ1n) is 12.4.